The van der Waals surface area contributed by atoms with Crippen LogP contribution in [0.2, 0.25) is 0 Å². The lowest BCUT2D eigenvalue weighted by molar-refractivity contribution is 0.348. The molecule has 1 fully saturated rings. The third-order valence-electron chi connectivity index (χ3n) is 3.68. The molecule has 1 N–H and O–H groups in total. The summed E-state index contributed by atoms with van der Waals surface area (Å²) in [4.78, 5) is 0. The van der Waals surface area contributed by atoms with E-state index >= 15 is 0 Å². The van der Waals surface area contributed by atoms with Crippen LogP contribution in [-0.4, -0.2) is 17.7 Å². The zero-order valence-corrected chi connectivity index (χ0v) is 10.4. The van der Waals surface area contributed by atoms with Gasteiger partial charge in [-0.15, -0.1) is 0 Å². The van der Waals surface area contributed by atoms with Gasteiger partial charge in [0.2, 0.25) is 0 Å². The van der Waals surface area contributed by atoms with Crippen LogP contribution < -0.4 is 5.32 Å². The van der Waals surface area contributed by atoms with Gasteiger partial charge in [-0.2, -0.15) is 5.26 Å². The van der Waals surface area contributed by atoms with Crippen LogP contribution in [-0.2, 0) is 0 Å². The smallest absolute Gasteiger partial charge is 0.170 e. The van der Waals surface area contributed by atoms with Crippen LogP contribution in [0.1, 0.15) is 30.9 Å². The summed E-state index contributed by atoms with van der Waals surface area (Å²) in [7, 11) is 0. The number of fused-ring (bicyclic) bond motifs is 1. The maximum absolute atomic E-state index is 13.1. The highest BCUT2D eigenvalue weighted by Crippen LogP contribution is 2.33. The maximum atomic E-state index is 13.1. The molecule has 0 saturated carbocycles. The quantitative estimate of drug-likeness (QED) is 0.900. The number of piperidine rings is 1. The number of rotatable bonds is 2. The van der Waals surface area contributed by atoms with Gasteiger partial charge in [0.25, 0.3) is 0 Å². The van der Waals surface area contributed by atoms with Crippen LogP contribution in [0.3, 0.4) is 0 Å². The van der Waals surface area contributed by atoms with Crippen LogP contribution in [0.25, 0.3) is 11.0 Å². The highest BCUT2D eigenvalue weighted by Gasteiger charge is 2.26. The standard InChI is InChI=1S/C14H14FN3O/c15-10-1-2-12-13(8-10)19-18-14(12)9-4-6-17-11(7-9)3-5-16/h1-2,8-9,11,17H,3-4,6-7H2. The molecule has 0 bridgehead atoms. The number of hydrogen-bond acceptors (Lipinski definition) is 4. The first-order valence-electron chi connectivity index (χ1n) is 6.43. The summed E-state index contributed by atoms with van der Waals surface area (Å²) in [6, 6.07) is 6.90. The van der Waals surface area contributed by atoms with E-state index in [4.69, 9.17) is 9.78 Å². The Morgan fingerprint density at radius 3 is 3.26 bits per heavy atom. The molecule has 2 aromatic rings. The molecule has 19 heavy (non-hydrogen) atoms. The van der Waals surface area contributed by atoms with Crippen LogP contribution in [0.5, 0.6) is 0 Å². The second-order valence-electron chi connectivity index (χ2n) is 4.94. The van der Waals surface area contributed by atoms with Crippen molar-refractivity contribution < 1.29 is 8.91 Å². The summed E-state index contributed by atoms with van der Waals surface area (Å²) in [5.41, 5.74) is 1.38. The Morgan fingerprint density at radius 2 is 2.42 bits per heavy atom. The molecule has 0 radical (unpaired) electrons. The Kier molecular flexibility index (Phi) is 3.18. The lowest BCUT2D eigenvalue weighted by atomic mass is 9.87. The average Bonchev–Trinajstić information content (AvgIpc) is 2.82. The summed E-state index contributed by atoms with van der Waals surface area (Å²) >= 11 is 0. The SMILES string of the molecule is N#CCC1CC(c2noc3cc(F)ccc23)CCN1. The monoisotopic (exact) mass is 259 g/mol. The largest absolute Gasteiger partial charge is 0.356 e. The summed E-state index contributed by atoms with van der Waals surface area (Å²) in [5, 5.41) is 17.1. The van der Waals surface area contributed by atoms with Crippen molar-refractivity contribution in [2.75, 3.05) is 6.54 Å². The first-order chi connectivity index (χ1) is 9.28. The van der Waals surface area contributed by atoms with Gasteiger partial charge < -0.3 is 9.84 Å². The highest BCUT2D eigenvalue weighted by molar-refractivity contribution is 5.79. The first-order valence-corrected chi connectivity index (χ1v) is 6.43. The van der Waals surface area contributed by atoms with E-state index < -0.39 is 0 Å². The zero-order valence-electron chi connectivity index (χ0n) is 10.4. The van der Waals surface area contributed by atoms with E-state index in [9.17, 15) is 4.39 Å². The molecule has 3 rings (SSSR count). The normalized spacial score (nSPS) is 23.4. The minimum atomic E-state index is -0.317. The van der Waals surface area contributed by atoms with Crippen LogP contribution in [0.4, 0.5) is 4.39 Å². The number of aromatic nitrogens is 1. The van der Waals surface area contributed by atoms with Gasteiger partial charge in [-0.1, -0.05) is 5.16 Å². The molecular formula is C14H14FN3O. The van der Waals surface area contributed by atoms with Crippen molar-refractivity contribution in [3.05, 3.63) is 29.7 Å². The molecule has 1 aromatic carbocycles. The zero-order chi connectivity index (χ0) is 13.2. The third-order valence-corrected chi connectivity index (χ3v) is 3.68. The molecule has 1 aliphatic heterocycles. The molecule has 1 aromatic heterocycles. The molecule has 5 heteroatoms. The molecule has 4 nitrogen and oxygen atoms in total. The summed E-state index contributed by atoms with van der Waals surface area (Å²) in [5.74, 6) is -0.0471. The molecule has 0 amide bonds. The molecule has 2 heterocycles. The predicted molar refractivity (Wildman–Crippen MR) is 68.0 cm³/mol. The minimum absolute atomic E-state index is 0.205. The number of halogens is 1. The third kappa shape index (κ3) is 2.32. The van der Waals surface area contributed by atoms with E-state index in [2.05, 4.69) is 16.5 Å². The van der Waals surface area contributed by atoms with Crippen LogP contribution in [0, 0.1) is 17.1 Å². The lowest BCUT2D eigenvalue weighted by Crippen LogP contribution is -2.37. The fraction of sp³-hybridized carbons (Fsp3) is 0.429. The fourth-order valence-corrected chi connectivity index (χ4v) is 2.75. The van der Waals surface area contributed by atoms with Crippen LogP contribution >= 0.6 is 0 Å². The Balaban J connectivity index is 1.89. The molecule has 0 spiro atoms. The maximum Gasteiger partial charge on any atom is 0.170 e. The molecule has 1 saturated heterocycles. The average molecular weight is 259 g/mol. The van der Waals surface area contributed by atoms with Crippen molar-refractivity contribution in [1.82, 2.24) is 10.5 Å². The van der Waals surface area contributed by atoms with Gasteiger partial charge in [0.1, 0.15) is 5.82 Å². The van der Waals surface area contributed by atoms with Gasteiger partial charge in [0, 0.05) is 23.4 Å². The van der Waals surface area contributed by atoms with E-state index in [1.807, 2.05) is 0 Å². The Morgan fingerprint density at radius 1 is 1.53 bits per heavy atom. The Bertz CT molecular complexity index is 631. The molecular weight excluding hydrogens is 245 g/mol. The van der Waals surface area contributed by atoms with Gasteiger partial charge in [-0.25, -0.2) is 4.39 Å². The molecule has 2 atom stereocenters. The van der Waals surface area contributed by atoms with Crippen molar-refractivity contribution in [3.8, 4) is 6.07 Å². The summed E-state index contributed by atoms with van der Waals surface area (Å²) in [6.45, 7) is 0.868. The Hall–Kier alpha value is -1.93. The Labute approximate surface area is 110 Å². The topological polar surface area (TPSA) is 61.9 Å². The number of nitrogens with zero attached hydrogens (tertiary/aromatic N) is 2. The predicted octanol–water partition coefficient (Wildman–Crippen LogP) is 2.72. The van der Waals surface area contributed by atoms with Gasteiger partial charge >= 0.3 is 0 Å². The van der Waals surface area contributed by atoms with Crippen molar-refractivity contribution >= 4 is 11.0 Å². The molecule has 1 aliphatic rings. The van der Waals surface area contributed by atoms with Crippen molar-refractivity contribution in [2.24, 2.45) is 0 Å². The lowest BCUT2D eigenvalue weighted by Gasteiger charge is -2.27. The van der Waals surface area contributed by atoms with Gasteiger partial charge in [-0.05, 0) is 31.5 Å². The number of nitrogens with one attached hydrogen (secondary N) is 1. The highest BCUT2D eigenvalue weighted by atomic mass is 19.1. The molecule has 98 valence electrons. The second-order valence-corrected chi connectivity index (χ2v) is 4.94. The van der Waals surface area contributed by atoms with E-state index in [1.54, 1.807) is 6.07 Å². The summed E-state index contributed by atoms with van der Waals surface area (Å²) in [6.07, 6.45) is 2.33. The number of hydrogen-bond donors (Lipinski definition) is 1. The van der Waals surface area contributed by atoms with E-state index in [1.165, 1.54) is 12.1 Å². The van der Waals surface area contributed by atoms with Crippen molar-refractivity contribution in [3.63, 3.8) is 0 Å². The van der Waals surface area contributed by atoms with Crippen molar-refractivity contribution in [1.29, 1.82) is 5.26 Å². The molecule has 0 aliphatic carbocycles. The van der Waals surface area contributed by atoms with Crippen molar-refractivity contribution in [2.45, 2.75) is 31.2 Å². The van der Waals surface area contributed by atoms with E-state index in [-0.39, 0.29) is 17.8 Å². The number of benzene rings is 1. The fourth-order valence-electron chi connectivity index (χ4n) is 2.75. The van der Waals surface area contributed by atoms with Gasteiger partial charge in [0.15, 0.2) is 5.58 Å². The van der Waals surface area contributed by atoms with E-state index in [0.29, 0.717) is 12.0 Å². The van der Waals surface area contributed by atoms with Crippen LogP contribution in [0.15, 0.2) is 22.7 Å². The van der Waals surface area contributed by atoms with E-state index in [0.717, 1.165) is 30.5 Å². The molecule has 2 unspecified atom stereocenters. The van der Waals surface area contributed by atoms with Gasteiger partial charge in [-0.3, -0.25) is 0 Å². The minimum Gasteiger partial charge on any atom is -0.356 e. The second kappa shape index (κ2) is 4.98. The number of nitriles is 1. The first kappa shape index (κ1) is 12.1. The van der Waals surface area contributed by atoms with Gasteiger partial charge in [0.05, 0.1) is 18.2 Å². The summed E-state index contributed by atoms with van der Waals surface area (Å²) < 4.78 is 18.3.